The minimum absolute atomic E-state index is 0.223. The first-order valence-corrected chi connectivity index (χ1v) is 9.36. The van der Waals surface area contributed by atoms with Crippen molar-refractivity contribution in [3.8, 4) is 0 Å². The van der Waals surface area contributed by atoms with Gasteiger partial charge in [-0.2, -0.15) is 13.2 Å². The van der Waals surface area contributed by atoms with E-state index in [-0.39, 0.29) is 13.2 Å². The van der Waals surface area contributed by atoms with E-state index in [1.165, 1.54) is 6.26 Å². The minimum Gasteiger partial charge on any atom is -0.388 e. The summed E-state index contributed by atoms with van der Waals surface area (Å²) in [5.41, 5.74) is -2.34. The summed E-state index contributed by atoms with van der Waals surface area (Å²) in [6, 6.07) is -0.513. The normalized spacial score (nSPS) is 29.7. The van der Waals surface area contributed by atoms with Gasteiger partial charge in [0.05, 0.1) is 22.4 Å². The van der Waals surface area contributed by atoms with E-state index in [0.717, 1.165) is 6.20 Å². The van der Waals surface area contributed by atoms with E-state index >= 15 is 0 Å². The quantitative estimate of drug-likeness (QED) is 0.691. The lowest BCUT2D eigenvalue weighted by molar-refractivity contribution is -0.141. The summed E-state index contributed by atoms with van der Waals surface area (Å²) in [5.74, 6) is -0.437. The Morgan fingerprint density at radius 2 is 2.16 bits per heavy atom. The Bertz CT molecular complexity index is 723. The molecule has 3 N–H and O–H groups in total. The zero-order valence-electron chi connectivity index (χ0n) is 13.5. The maximum Gasteiger partial charge on any atom is 0.433 e. The molecule has 25 heavy (non-hydrogen) atoms. The molecule has 0 aliphatic carbocycles. The van der Waals surface area contributed by atoms with Crippen LogP contribution in [-0.2, 0) is 20.6 Å². The maximum absolute atomic E-state index is 12.8. The summed E-state index contributed by atoms with van der Waals surface area (Å²) >= 11 is 0. The molecule has 1 aromatic heterocycles. The van der Waals surface area contributed by atoms with E-state index in [4.69, 9.17) is 4.74 Å². The lowest BCUT2D eigenvalue weighted by Crippen LogP contribution is -2.58. The Hall–Kier alpha value is -1.50. The summed E-state index contributed by atoms with van der Waals surface area (Å²) < 4.78 is 60.2. The van der Waals surface area contributed by atoms with Gasteiger partial charge >= 0.3 is 6.18 Å². The van der Waals surface area contributed by atoms with Gasteiger partial charge in [-0.3, -0.25) is 0 Å². The first-order chi connectivity index (χ1) is 11.6. The van der Waals surface area contributed by atoms with Crippen molar-refractivity contribution in [1.29, 1.82) is 0 Å². The molecule has 5 atom stereocenters. The highest BCUT2D eigenvalue weighted by Crippen LogP contribution is 2.28. The van der Waals surface area contributed by atoms with Crippen molar-refractivity contribution in [2.75, 3.05) is 24.7 Å². The van der Waals surface area contributed by atoms with Gasteiger partial charge in [0.15, 0.2) is 5.44 Å². The molecule has 0 bridgehead atoms. The molecular formula is C13H19F3N4O4S. The van der Waals surface area contributed by atoms with Crippen LogP contribution in [0.2, 0.25) is 0 Å². The number of aromatic nitrogens is 2. The minimum atomic E-state index is -4.67. The first-order valence-electron chi connectivity index (χ1n) is 7.37. The van der Waals surface area contributed by atoms with Crippen LogP contribution in [-0.4, -0.2) is 67.5 Å². The number of aliphatic hydroxyl groups excluding tert-OH is 2. The van der Waals surface area contributed by atoms with Crippen molar-refractivity contribution in [1.82, 2.24) is 9.97 Å². The van der Waals surface area contributed by atoms with E-state index in [2.05, 4.69) is 19.6 Å². The summed E-state index contributed by atoms with van der Waals surface area (Å²) in [6.07, 6.45) is -5.22. The van der Waals surface area contributed by atoms with Crippen LogP contribution in [0.5, 0.6) is 0 Å². The number of aliphatic hydroxyl groups is 2. The van der Waals surface area contributed by atoms with Crippen molar-refractivity contribution in [2.45, 2.75) is 36.8 Å². The fourth-order valence-corrected chi connectivity index (χ4v) is 4.18. The Labute approximate surface area is 142 Å². The summed E-state index contributed by atoms with van der Waals surface area (Å²) in [6.45, 7) is 1.60. The number of nitrogens with one attached hydrogen (secondary N) is 1. The van der Waals surface area contributed by atoms with E-state index < -0.39 is 51.2 Å². The van der Waals surface area contributed by atoms with E-state index in [0.29, 0.717) is 6.07 Å². The smallest absolute Gasteiger partial charge is 0.388 e. The second-order valence-corrected chi connectivity index (χ2v) is 7.94. The molecule has 1 saturated heterocycles. The third-order valence-electron chi connectivity index (χ3n) is 3.54. The molecule has 2 rings (SSSR count). The molecule has 12 heteroatoms. The molecule has 2 heterocycles. The van der Waals surface area contributed by atoms with Gasteiger partial charge < -0.3 is 20.3 Å². The van der Waals surface area contributed by atoms with Crippen LogP contribution in [0.15, 0.2) is 16.6 Å². The third-order valence-corrected chi connectivity index (χ3v) is 5.61. The molecule has 2 unspecified atom stereocenters. The predicted molar refractivity (Wildman–Crippen MR) is 83.2 cm³/mol. The Balaban J connectivity index is 2.35. The molecule has 1 aromatic rings. The second-order valence-electron chi connectivity index (χ2n) is 5.50. The molecule has 142 valence electrons. The number of rotatable bonds is 4. The van der Waals surface area contributed by atoms with Crippen LogP contribution < -0.4 is 5.32 Å². The highest BCUT2D eigenvalue weighted by molar-refractivity contribution is 7.93. The van der Waals surface area contributed by atoms with Crippen LogP contribution in [0.4, 0.5) is 19.1 Å². The highest BCUT2D eigenvalue weighted by Gasteiger charge is 2.43. The molecular weight excluding hydrogens is 365 g/mol. The molecule has 1 aliphatic heterocycles. The Morgan fingerprint density at radius 1 is 1.48 bits per heavy atom. The lowest BCUT2D eigenvalue weighted by Gasteiger charge is -2.38. The van der Waals surface area contributed by atoms with E-state index in [1.54, 1.807) is 6.92 Å². The summed E-state index contributed by atoms with van der Waals surface area (Å²) in [4.78, 5) is 7.02. The zero-order chi connectivity index (χ0) is 18.8. The molecule has 8 nitrogen and oxygen atoms in total. The predicted octanol–water partition coefficient (Wildman–Crippen LogP) is 0.472. The van der Waals surface area contributed by atoms with Gasteiger partial charge in [0.25, 0.3) is 0 Å². The van der Waals surface area contributed by atoms with Crippen molar-refractivity contribution in [2.24, 2.45) is 4.36 Å². The van der Waals surface area contributed by atoms with Crippen molar-refractivity contribution < 1.29 is 32.3 Å². The van der Waals surface area contributed by atoms with Gasteiger partial charge in [-0.05, 0) is 13.0 Å². The first kappa shape index (κ1) is 19.8. The van der Waals surface area contributed by atoms with Gasteiger partial charge in [0, 0.05) is 19.0 Å². The standard InChI is InChI=1S/C13H19F3N4O4S/c1-3-18-25(2,23)11-9(10(22)7(21)6-24-11)20-12-17-5-4-8(19-12)13(14,15)16/h4-5,7,9-11,21-22H,3,6H2,1-2H3,(H,17,19,20)/t7-,9+,10-,11?,25?/m0/s1. The van der Waals surface area contributed by atoms with Crippen LogP contribution >= 0.6 is 0 Å². The molecule has 0 radical (unpaired) electrons. The van der Waals surface area contributed by atoms with Gasteiger partial charge in [0.1, 0.15) is 17.9 Å². The van der Waals surface area contributed by atoms with Crippen LogP contribution in [0, 0.1) is 0 Å². The number of alkyl halides is 3. The second kappa shape index (κ2) is 7.40. The lowest BCUT2D eigenvalue weighted by atomic mass is 10.0. The number of ether oxygens (including phenoxy) is 1. The average Bonchev–Trinajstić information content (AvgIpc) is 2.51. The number of hydrogen-bond donors (Lipinski definition) is 3. The van der Waals surface area contributed by atoms with Crippen molar-refractivity contribution in [3.05, 3.63) is 18.0 Å². The van der Waals surface area contributed by atoms with Crippen LogP contribution in [0.1, 0.15) is 12.6 Å². The number of hydrogen-bond acceptors (Lipinski definition) is 8. The fourth-order valence-electron chi connectivity index (χ4n) is 2.41. The molecule has 0 aromatic carbocycles. The maximum atomic E-state index is 12.8. The molecule has 0 saturated carbocycles. The van der Waals surface area contributed by atoms with Crippen molar-refractivity contribution >= 4 is 15.7 Å². The summed E-state index contributed by atoms with van der Waals surface area (Å²) in [5, 5.41) is 22.4. The Kier molecular flexibility index (Phi) is 5.86. The monoisotopic (exact) mass is 384 g/mol. The van der Waals surface area contributed by atoms with E-state index in [9.17, 15) is 27.6 Å². The van der Waals surface area contributed by atoms with Crippen molar-refractivity contribution in [3.63, 3.8) is 0 Å². The summed E-state index contributed by atoms with van der Waals surface area (Å²) in [7, 11) is -2.96. The molecule has 0 amide bonds. The SMILES string of the molecule is CCN=S(C)(=O)C1OC[C@H](O)[C@H](O)[C@H]1Nc1nccc(C(F)(F)F)n1. The highest BCUT2D eigenvalue weighted by atomic mass is 32.2. The zero-order valence-corrected chi connectivity index (χ0v) is 14.3. The molecule has 0 spiro atoms. The van der Waals surface area contributed by atoms with Gasteiger partial charge in [0.2, 0.25) is 5.95 Å². The molecule has 1 fully saturated rings. The largest absolute Gasteiger partial charge is 0.433 e. The van der Waals surface area contributed by atoms with Gasteiger partial charge in [-0.15, -0.1) is 0 Å². The van der Waals surface area contributed by atoms with Gasteiger partial charge in [-0.25, -0.2) is 18.5 Å². The fraction of sp³-hybridized carbons (Fsp3) is 0.692. The third kappa shape index (κ3) is 4.57. The number of halogens is 3. The number of nitrogens with zero attached hydrogens (tertiary/aromatic N) is 3. The van der Waals surface area contributed by atoms with Gasteiger partial charge in [-0.1, -0.05) is 0 Å². The molecule has 1 aliphatic rings. The van der Waals surface area contributed by atoms with E-state index in [1.807, 2.05) is 0 Å². The number of anilines is 1. The topological polar surface area (TPSA) is 117 Å². The van der Waals surface area contributed by atoms with Crippen LogP contribution in [0.3, 0.4) is 0 Å². The average molecular weight is 384 g/mol. The Morgan fingerprint density at radius 3 is 2.76 bits per heavy atom. The van der Waals surface area contributed by atoms with Crippen LogP contribution in [0.25, 0.3) is 0 Å².